The maximum atomic E-state index is 15.7. The number of rotatable bonds is 4. The summed E-state index contributed by atoms with van der Waals surface area (Å²) in [6.07, 6.45) is 2.39. The second kappa shape index (κ2) is 8.44. The van der Waals surface area contributed by atoms with Crippen LogP contribution in [0.25, 0.3) is 17.3 Å². The summed E-state index contributed by atoms with van der Waals surface area (Å²) in [4.78, 5) is 4.29. The van der Waals surface area contributed by atoms with Gasteiger partial charge in [0.25, 0.3) is 0 Å². The Kier molecular flexibility index (Phi) is 5.46. The van der Waals surface area contributed by atoms with Gasteiger partial charge < -0.3 is 9.80 Å². The predicted octanol–water partition coefficient (Wildman–Crippen LogP) is 3.02. The highest BCUT2D eigenvalue weighted by molar-refractivity contribution is 5.70. The summed E-state index contributed by atoms with van der Waals surface area (Å²) >= 11 is 0. The SMILES string of the molecule is C=C1C=c2[nH]nc(-c3cccc(N4CCN(C)CC4)c3F)c2=NN1c1c(F)cccc1CC. The van der Waals surface area contributed by atoms with Gasteiger partial charge in [0.15, 0.2) is 5.82 Å². The average Bonchev–Trinajstić information content (AvgIpc) is 3.21. The van der Waals surface area contributed by atoms with Gasteiger partial charge in [0.2, 0.25) is 0 Å². The van der Waals surface area contributed by atoms with Gasteiger partial charge in [-0.2, -0.15) is 10.2 Å². The molecule has 2 aliphatic rings. The molecule has 8 heteroatoms. The van der Waals surface area contributed by atoms with Crippen LogP contribution >= 0.6 is 0 Å². The molecule has 0 saturated carbocycles. The monoisotopic (exact) mass is 448 g/mol. The summed E-state index contributed by atoms with van der Waals surface area (Å²) in [5.74, 6) is -0.716. The van der Waals surface area contributed by atoms with Crippen LogP contribution in [-0.2, 0) is 6.42 Å². The predicted molar refractivity (Wildman–Crippen MR) is 126 cm³/mol. The van der Waals surface area contributed by atoms with Crippen molar-refractivity contribution in [3.63, 3.8) is 0 Å². The van der Waals surface area contributed by atoms with Crippen molar-refractivity contribution >= 4 is 17.5 Å². The molecule has 2 aromatic carbocycles. The third-order valence-electron chi connectivity index (χ3n) is 6.29. The van der Waals surface area contributed by atoms with Crippen molar-refractivity contribution in [2.45, 2.75) is 13.3 Å². The molecular formula is C25H26F2N6. The van der Waals surface area contributed by atoms with Crippen LogP contribution in [0.3, 0.4) is 0 Å². The summed E-state index contributed by atoms with van der Waals surface area (Å²) in [7, 11) is 2.07. The number of nitrogens with zero attached hydrogens (tertiary/aromatic N) is 5. The van der Waals surface area contributed by atoms with Crippen LogP contribution in [-0.4, -0.2) is 48.3 Å². The van der Waals surface area contributed by atoms with E-state index in [4.69, 9.17) is 0 Å². The van der Waals surface area contributed by atoms with Gasteiger partial charge in [0, 0.05) is 31.7 Å². The summed E-state index contributed by atoms with van der Waals surface area (Å²) in [5, 5.41) is 14.5. The number of aromatic nitrogens is 2. The molecule has 0 spiro atoms. The number of anilines is 2. The number of piperazine rings is 1. The molecule has 3 aromatic rings. The molecule has 170 valence electrons. The first-order valence-electron chi connectivity index (χ1n) is 11.1. The van der Waals surface area contributed by atoms with Crippen molar-refractivity contribution in [3.8, 4) is 11.3 Å². The van der Waals surface area contributed by atoms with Crippen LogP contribution in [0.5, 0.6) is 0 Å². The first-order valence-corrected chi connectivity index (χ1v) is 11.1. The summed E-state index contributed by atoms with van der Waals surface area (Å²) in [6, 6.07) is 10.3. The van der Waals surface area contributed by atoms with Gasteiger partial charge in [-0.25, -0.2) is 13.8 Å². The zero-order valence-electron chi connectivity index (χ0n) is 18.8. The van der Waals surface area contributed by atoms with E-state index in [0.717, 1.165) is 31.7 Å². The number of halogens is 2. The van der Waals surface area contributed by atoms with Gasteiger partial charge in [0.1, 0.15) is 22.6 Å². The fraction of sp³-hybridized carbons (Fsp3) is 0.280. The van der Waals surface area contributed by atoms with Gasteiger partial charge in [-0.15, -0.1) is 0 Å². The summed E-state index contributed by atoms with van der Waals surface area (Å²) in [6.45, 7) is 9.28. The Hall–Kier alpha value is -3.52. The summed E-state index contributed by atoms with van der Waals surface area (Å²) < 4.78 is 30.5. The molecule has 6 nitrogen and oxygen atoms in total. The molecule has 2 aliphatic heterocycles. The number of H-pyrrole nitrogens is 1. The van der Waals surface area contributed by atoms with Crippen molar-refractivity contribution in [1.82, 2.24) is 15.1 Å². The molecule has 1 aromatic heterocycles. The average molecular weight is 449 g/mol. The normalized spacial score (nSPS) is 16.4. The molecule has 0 amide bonds. The Bertz CT molecular complexity index is 1340. The van der Waals surface area contributed by atoms with E-state index in [1.165, 1.54) is 11.1 Å². The fourth-order valence-electron chi connectivity index (χ4n) is 4.40. The van der Waals surface area contributed by atoms with E-state index in [2.05, 4.69) is 38.7 Å². The van der Waals surface area contributed by atoms with E-state index in [0.29, 0.717) is 45.5 Å². The van der Waals surface area contributed by atoms with Crippen LogP contribution in [0.4, 0.5) is 20.2 Å². The van der Waals surface area contributed by atoms with Gasteiger partial charge in [-0.05, 0) is 43.3 Å². The maximum absolute atomic E-state index is 15.7. The first kappa shape index (κ1) is 21.3. The van der Waals surface area contributed by atoms with Crippen LogP contribution < -0.4 is 20.6 Å². The number of hydrogen-bond acceptors (Lipinski definition) is 5. The lowest BCUT2D eigenvalue weighted by Gasteiger charge is -2.34. The smallest absolute Gasteiger partial charge is 0.156 e. The number of aromatic amines is 1. The number of likely N-dealkylation sites (N-methyl/N-ethyl adjacent to an activating group) is 1. The summed E-state index contributed by atoms with van der Waals surface area (Å²) in [5.41, 5.74) is 2.97. The van der Waals surface area contributed by atoms with Crippen LogP contribution in [0, 0.1) is 11.6 Å². The number of fused-ring (bicyclic) bond motifs is 1. The van der Waals surface area contributed by atoms with Crippen LogP contribution in [0.15, 0.2) is 53.8 Å². The van der Waals surface area contributed by atoms with E-state index in [9.17, 15) is 4.39 Å². The fourth-order valence-corrected chi connectivity index (χ4v) is 4.40. The zero-order valence-corrected chi connectivity index (χ0v) is 18.8. The molecule has 33 heavy (non-hydrogen) atoms. The Morgan fingerprint density at radius 2 is 1.82 bits per heavy atom. The molecule has 0 radical (unpaired) electrons. The molecule has 1 fully saturated rings. The Labute approximate surface area is 191 Å². The van der Waals surface area contributed by atoms with Gasteiger partial charge in [0.05, 0.1) is 16.7 Å². The van der Waals surface area contributed by atoms with Crippen LogP contribution in [0.1, 0.15) is 12.5 Å². The Balaban J connectivity index is 1.62. The first-order chi connectivity index (χ1) is 16.0. The molecule has 1 N–H and O–H groups in total. The molecule has 0 aliphatic carbocycles. The number of para-hydroxylation sites is 1. The number of nitrogens with one attached hydrogen (secondary N) is 1. The second-order valence-corrected chi connectivity index (χ2v) is 8.41. The lowest BCUT2D eigenvalue weighted by molar-refractivity contribution is 0.312. The topological polar surface area (TPSA) is 50.8 Å². The maximum Gasteiger partial charge on any atom is 0.156 e. The van der Waals surface area contributed by atoms with Gasteiger partial charge >= 0.3 is 0 Å². The quantitative estimate of drug-likeness (QED) is 0.667. The van der Waals surface area contributed by atoms with Crippen molar-refractivity contribution in [3.05, 3.63) is 76.6 Å². The molecule has 0 atom stereocenters. The lowest BCUT2D eigenvalue weighted by atomic mass is 10.1. The highest BCUT2D eigenvalue weighted by atomic mass is 19.1. The number of hydrogen-bond donors (Lipinski definition) is 1. The van der Waals surface area contributed by atoms with E-state index >= 15 is 4.39 Å². The third-order valence-corrected chi connectivity index (χ3v) is 6.29. The number of aryl methyl sites for hydroxylation is 1. The van der Waals surface area contributed by atoms with Crippen LogP contribution in [0.2, 0.25) is 0 Å². The standard InChI is InChI=1S/C25H26F2N6/c1-4-17-7-5-9-19(26)25(17)33-16(2)15-20-24(30-33)23(29-28-20)18-8-6-10-21(22(18)27)32-13-11-31(3)12-14-32/h5-10,15,28H,2,4,11-14H2,1,3H3. The molecule has 0 unspecified atom stereocenters. The molecule has 1 saturated heterocycles. The second-order valence-electron chi connectivity index (χ2n) is 8.41. The van der Waals surface area contributed by atoms with Crippen molar-refractivity contribution in [2.24, 2.45) is 5.10 Å². The highest BCUT2D eigenvalue weighted by Gasteiger charge is 2.24. The minimum atomic E-state index is -0.385. The number of benzene rings is 2. The Morgan fingerprint density at radius 1 is 1.06 bits per heavy atom. The van der Waals surface area contributed by atoms with Crippen molar-refractivity contribution in [2.75, 3.05) is 43.1 Å². The molecule has 0 bridgehead atoms. The van der Waals surface area contributed by atoms with E-state index in [1.807, 2.05) is 19.1 Å². The number of allylic oxidation sites excluding steroid dienone is 1. The van der Waals surface area contributed by atoms with Crippen molar-refractivity contribution in [1.29, 1.82) is 0 Å². The van der Waals surface area contributed by atoms with E-state index < -0.39 is 0 Å². The van der Waals surface area contributed by atoms with E-state index in [1.54, 1.807) is 24.3 Å². The zero-order chi connectivity index (χ0) is 23.1. The molecule has 5 rings (SSSR count). The largest absolute Gasteiger partial charge is 0.367 e. The highest BCUT2D eigenvalue weighted by Crippen LogP contribution is 2.31. The third kappa shape index (κ3) is 3.70. The van der Waals surface area contributed by atoms with E-state index in [-0.39, 0.29) is 11.6 Å². The minimum Gasteiger partial charge on any atom is -0.367 e. The van der Waals surface area contributed by atoms with Crippen molar-refractivity contribution < 1.29 is 8.78 Å². The molecule has 3 heterocycles. The lowest BCUT2D eigenvalue weighted by Crippen LogP contribution is -2.44. The Morgan fingerprint density at radius 3 is 2.58 bits per heavy atom. The van der Waals surface area contributed by atoms with Gasteiger partial charge in [-0.1, -0.05) is 31.7 Å². The van der Waals surface area contributed by atoms with Gasteiger partial charge in [-0.3, -0.25) is 5.10 Å². The minimum absolute atomic E-state index is 0.331. The molecular weight excluding hydrogens is 422 g/mol.